The summed E-state index contributed by atoms with van der Waals surface area (Å²) in [5.41, 5.74) is 0.734. The molecule has 0 spiro atoms. The molecule has 2 nitrogen and oxygen atoms in total. The lowest BCUT2D eigenvalue weighted by atomic mass is 10.0. The van der Waals surface area contributed by atoms with Gasteiger partial charge in [0.2, 0.25) is 0 Å². The average molecular weight is 262 g/mol. The quantitative estimate of drug-likeness (QED) is 0.898. The molecule has 0 aromatic heterocycles. The van der Waals surface area contributed by atoms with Crippen LogP contribution >= 0.6 is 11.6 Å². The minimum Gasteiger partial charge on any atom is -0.435 e. The van der Waals surface area contributed by atoms with E-state index in [1.165, 1.54) is 6.07 Å². The van der Waals surface area contributed by atoms with Crippen molar-refractivity contribution in [2.24, 2.45) is 0 Å². The highest BCUT2D eigenvalue weighted by molar-refractivity contribution is 6.30. The molecule has 94 valence electrons. The van der Waals surface area contributed by atoms with Crippen LogP contribution in [0.3, 0.4) is 0 Å². The molecule has 0 amide bonds. The van der Waals surface area contributed by atoms with Crippen molar-refractivity contribution in [1.29, 1.82) is 0 Å². The lowest BCUT2D eigenvalue weighted by molar-refractivity contribution is -0.0504. The maximum absolute atomic E-state index is 12.2. The van der Waals surface area contributed by atoms with Crippen LogP contribution in [0.4, 0.5) is 8.78 Å². The zero-order valence-corrected chi connectivity index (χ0v) is 10.0. The van der Waals surface area contributed by atoms with Crippen LogP contribution in [0.1, 0.15) is 18.4 Å². The fraction of sp³-hybridized carbons (Fsp3) is 0.500. The smallest absolute Gasteiger partial charge is 0.387 e. The third kappa shape index (κ3) is 3.54. The molecule has 1 aromatic rings. The van der Waals surface area contributed by atoms with Gasteiger partial charge in [0.1, 0.15) is 5.75 Å². The Morgan fingerprint density at radius 3 is 2.94 bits per heavy atom. The number of hydrogen-bond acceptors (Lipinski definition) is 2. The van der Waals surface area contributed by atoms with Gasteiger partial charge in [-0.1, -0.05) is 11.6 Å². The average Bonchev–Trinajstić information content (AvgIpc) is 2.74. The monoisotopic (exact) mass is 261 g/mol. The van der Waals surface area contributed by atoms with Crippen LogP contribution in [-0.2, 0) is 6.42 Å². The Labute approximate surface area is 104 Å². The van der Waals surface area contributed by atoms with Gasteiger partial charge in [0, 0.05) is 11.1 Å². The molecule has 0 radical (unpaired) electrons. The second-order valence-corrected chi connectivity index (χ2v) is 4.56. The molecule has 0 bridgehead atoms. The van der Waals surface area contributed by atoms with Gasteiger partial charge in [0.05, 0.1) is 0 Å². The minimum absolute atomic E-state index is 0.220. The molecule has 0 aliphatic carbocycles. The summed E-state index contributed by atoms with van der Waals surface area (Å²) in [6, 6.07) is 5.08. The third-order valence-corrected chi connectivity index (χ3v) is 3.10. The Kier molecular flexibility index (Phi) is 4.18. The molecule has 1 aliphatic rings. The van der Waals surface area contributed by atoms with Crippen molar-refractivity contribution in [3.63, 3.8) is 0 Å². The summed E-state index contributed by atoms with van der Waals surface area (Å²) >= 11 is 5.88. The molecule has 1 unspecified atom stereocenters. The Bertz CT molecular complexity index is 381. The van der Waals surface area contributed by atoms with E-state index in [0.717, 1.165) is 24.9 Å². The lowest BCUT2D eigenvalue weighted by Crippen LogP contribution is -2.24. The first kappa shape index (κ1) is 12.6. The third-order valence-electron chi connectivity index (χ3n) is 2.87. The van der Waals surface area contributed by atoms with Gasteiger partial charge < -0.3 is 10.1 Å². The van der Waals surface area contributed by atoms with Crippen molar-refractivity contribution < 1.29 is 13.5 Å². The zero-order valence-electron chi connectivity index (χ0n) is 9.26. The first-order valence-corrected chi connectivity index (χ1v) is 5.99. The first-order valence-electron chi connectivity index (χ1n) is 5.62. The second kappa shape index (κ2) is 5.65. The predicted molar refractivity (Wildman–Crippen MR) is 62.8 cm³/mol. The Morgan fingerprint density at radius 1 is 1.47 bits per heavy atom. The molecule has 1 heterocycles. The van der Waals surface area contributed by atoms with Gasteiger partial charge in [-0.15, -0.1) is 0 Å². The summed E-state index contributed by atoms with van der Waals surface area (Å²) in [6.07, 6.45) is 2.85. The summed E-state index contributed by atoms with van der Waals surface area (Å²) in [6.45, 7) is -1.82. The Hall–Kier alpha value is -0.870. The molecular formula is C12H14ClF2NO. The van der Waals surface area contributed by atoms with Crippen molar-refractivity contribution in [2.45, 2.75) is 31.9 Å². The lowest BCUT2D eigenvalue weighted by Gasteiger charge is -2.14. The van der Waals surface area contributed by atoms with Crippen LogP contribution in [-0.4, -0.2) is 19.2 Å². The van der Waals surface area contributed by atoms with Gasteiger partial charge in [-0.3, -0.25) is 0 Å². The van der Waals surface area contributed by atoms with Crippen LogP contribution in [0.2, 0.25) is 5.02 Å². The van der Waals surface area contributed by atoms with Gasteiger partial charge in [-0.05, 0) is 49.6 Å². The van der Waals surface area contributed by atoms with E-state index >= 15 is 0 Å². The fourth-order valence-corrected chi connectivity index (χ4v) is 2.31. The molecule has 2 rings (SSSR count). The fourth-order valence-electron chi connectivity index (χ4n) is 2.11. The van der Waals surface area contributed by atoms with E-state index in [9.17, 15) is 8.78 Å². The van der Waals surface area contributed by atoms with Crippen molar-refractivity contribution in [2.75, 3.05) is 6.54 Å². The minimum atomic E-state index is -2.80. The number of ether oxygens (including phenoxy) is 1. The molecule has 1 aliphatic heterocycles. The number of nitrogens with one attached hydrogen (secondary N) is 1. The molecule has 1 atom stereocenters. The standard InChI is InChI=1S/C12H14ClF2NO/c13-9-3-4-11(17-12(14)15)8(6-9)7-10-2-1-5-16-10/h3-4,6,10,12,16H,1-2,5,7H2. The van der Waals surface area contributed by atoms with E-state index in [-0.39, 0.29) is 5.75 Å². The number of benzene rings is 1. The molecule has 1 aromatic carbocycles. The van der Waals surface area contributed by atoms with Gasteiger partial charge in [0.25, 0.3) is 0 Å². The van der Waals surface area contributed by atoms with Crippen LogP contribution in [0.25, 0.3) is 0 Å². The summed E-state index contributed by atoms with van der Waals surface area (Å²) in [7, 11) is 0. The van der Waals surface area contributed by atoms with E-state index in [1.54, 1.807) is 12.1 Å². The van der Waals surface area contributed by atoms with Crippen LogP contribution in [0.15, 0.2) is 18.2 Å². The van der Waals surface area contributed by atoms with E-state index in [1.807, 2.05) is 0 Å². The largest absolute Gasteiger partial charge is 0.435 e. The molecular weight excluding hydrogens is 248 g/mol. The first-order chi connectivity index (χ1) is 8.15. The topological polar surface area (TPSA) is 21.3 Å². The summed E-state index contributed by atoms with van der Waals surface area (Å²) in [4.78, 5) is 0. The highest BCUT2D eigenvalue weighted by atomic mass is 35.5. The zero-order chi connectivity index (χ0) is 12.3. The van der Waals surface area contributed by atoms with E-state index < -0.39 is 6.61 Å². The molecule has 1 saturated heterocycles. The molecule has 0 saturated carbocycles. The van der Waals surface area contributed by atoms with Crippen molar-refractivity contribution in [3.8, 4) is 5.75 Å². The van der Waals surface area contributed by atoms with Crippen LogP contribution < -0.4 is 10.1 Å². The second-order valence-electron chi connectivity index (χ2n) is 4.13. The maximum Gasteiger partial charge on any atom is 0.387 e. The number of halogens is 3. The van der Waals surface area contributed by atoms with Gasteiger partial charge in [0.15, 0.2) is 0 Å². The van der Waals surface area contributed by atoms with Crippen LogP contribution in [0, 0.1) is 0 Å². The molecule has 1 fully saturated rings. The summed E-state index contributed by atoms with van der Waals surface area (Å²) < 4.78 is 29.0. The SMILES string of the molecule is FC(F)Oc1ccc(Cl)cc1CC1CCCN1. The van der Waals surface area contributed by atoms with Gasteiger partial charge in [-0.25, -0.2) is 0 Å². The van der Waals surface area contributed by atoms with E-state index in [0.29, 0.717) is 17.5 Å². The molecule has 17 heavy (non-hydrogen) atoms. The molecule has 5 heteroatoms. The number of alkyl halides is 2. The normalized spacial score (nSPS) is 19.9. The summed E-state index contributed by atoms with van der Waals surface area (Å²) in [5, 5.41) is 3.86. The van der Waals surface area contributed by atoms with Gasteiger partial charge >= 0.3 is 6.61 Å². The van der Waals surface area contributed by atoms with E-state index in [2.05, 4.69) is 10.1 Å². The number of rotatable bonds is 4. The highest BCUT2D eigenvalue weighted by Gasteiger charge is 2.18. The van der Waals surface area contributed by atoms with Crippen LogP contribution in [0.5, 0.6) is 5.75 Å². The van der Waals surface area contributed by atoms with Crippen molar-refractivity contribution >= 4 is 11.6 Å². The summed E-state index contributed by atoms with van der Waals surface area (Å²) in [5.74, 6) is 0.220. The predicted octanol–water partition coefficient (Wildman–Crippen LogP) is 3.24. The Balaban J connectivity index is 2.13. The van der Waals surface area contributed by atoms with Gasteiger partial charge in [-0.2, -0.15) is 8.78 Å². The number of hydrogen-bond donors (Lipinski definition) is 1. The maximum atomic E-state index is 12.2. The highest BCUT2D eigenvalue weighted by Crippen LogP contribution is 2.27. The van der Waals surface area contributed by atoms with Crippen molar-refractivity contribution in [1.82, 2.24) is 5.32 Å². The Morgan fingerprint density at radius 2 is 2.29 bits per heavy atom. The van der Waals surface area contributed by atoms with Crippen molar-refractivity contribution in [3.05, 3.63) is 28.8 Å². The van der Waals surface area contributed by atoms with E-state index in [4.69, 9.17) is 11.6 Å². The molecule has 1 N–H and O–H groups in total.